The fraction of sp³-hybridized carbons (Fsp3) is 0.750. The number of amides is 3. The normalized spacial score (nSPS) is 24.0. The van der Waals surface area contributed by atoms with Gasteiger partial charge in [0.25, 0.3) is 0 Å². The molecular formula is C36H56ClN9O5S. The van der Waals surface area contributed by atoms with Gasteiger partial charge >= 0.3 is 6.03 Å². The molecule has 6 rings (SSSR count). The summed E-state index contributed by atoms with van der Waals surface area (Å²) in [4.78, 5) is 32.9. The Balaban J connectivity index is 0.717. The van der Waals surface area contributed by atoms with Crippen molar-refractivity contribution in [1.29, 1.82) is 0 Å². The van der Waals surface area contributed by atoms with E-state index in [4.69, 9.17) is 30.8 Å². The molecule has 52 heavy (non-hydrogen) atoms. The van der Waals surface area contributed by atoms with Gasteiger partial charge in [0.05, 0.1) is 74.8 Å². The Bertz CT molecular complexity index is 1440. The first-order chi connectivity index (χ1) is 25.4. The molecule has 4 fully saturated rings. The SMILES string of the molecule is Cn1ncc(-c2nc(N[C@H]3CC[C@H](NCCOCCOCCOCCNC(=O)CCCC[C@@H]4SC[C@@H]5NC(=O)N[C@@H]54)CC3)ncc2Cl)c1CC1CC1. The van der Waals surface area contributed by atoms with Crippen molar-refractivity contribution in [2.24, 2.45) is 13.0 Å². The molecule has 4 aliphatic rings. The Labute approximate surface area is 316 Å². The number of thioether (sulfide) groups is 1. The van der Waals surface area contributed by atoms with Crippen molar-refractivity contribution in [3.05, 3.63) is 23.1 Å². The van der Waals surface area contributed by atoms with Crippen LogP contribution in [0.15, 0.2) is 12.4 Å². The Hall–Kier alpha value is -2.69. The van der Waals surface area contributed by atoms with Crippen LogP contribution < -0.4 is 26.6 Å². The van der Waals surface area contributed by atoms with Crippen LogP contribution in [0.25, 0.3) is 11.3 Å². The summed E-state index contributed by atoms with van der Waals surface area (Å²) in [7, 11) is 1.99. The van der Waals surface area contributed by atoms with Crippen LogP contribution in [0.3, 0.4) is 0 Å². The zero-order valence-electron chi connectivity index (χ0n) is 30.4. The van der Waals surface area contributed by atoms with E-state index in [0.29, 0.717) is 80.9 Å². The quantitative estimate of drug-likeness (QED) is 0.0829. The maximum absolute atomic E-state index is 12.1. The van der Waals surface area contributed by atoms with Gasteiger partial charge in [0, 0.05) is 60.9 Å². The molecule has 0 aromatic carbocycles. The van der Waals surface area contributed by atoms with Gasteiger partial charge in [-0.3, -0.25) is 9.48 Å². The second-order valence-corrected chi connectivity index (χ2v) is 16.0. The average molecular weight is 762 g/mol. The molecule has 5 N–H and O–H groups in total. The molecule has 4 heterocycles. The molecule has 2 saturated heterocycles. The number of ether oxygens (including phenoxy) is 3. The predicted octanol–water partition coefficient (Wildman–Crippen LogP) is 3.69. The number of nitrogens with zero attached hydrogens (tertiary/aromatic N) is 4. The molecule has 0 unspecified atom stereocenters. The highest BCUT2D eigenvalue weighted by atomic mass is 35.5. The Morgan fingerprint density at radius 3 is 2.46 bits per heavy atom. The maximum Gasteiger partial charge on any atom is 0.315 e. The number of nitrogens with one attached hydrogen (secondary N) is 5. The van der Waals surface area contributed by atoms with E-state index < -0.39 is 0 Å². The topological polar surface area (TPSA) is 166 Å². The molecule has 288 valence electrons. The van der Waals surface area contributed by atoms with E-state index >= 15 is 0 Å². The van der Waals surface area contributed by atoms with Crippen LogP contribution in [0.4, 0.5) is 10.7 Å². The van der Waals surface area contributed by atoms with Gasteiger partial charge in [0.1, 0.15) is 0 Å². The number of carbonyl (C=O) groups is 2. The van der Waals surface area contributed by atoms with E-state index in [2.05, 4.69) is 36.7 Å². The number of fused-ring (bicyclic) bond motifs is 1. The van der Waals surface area contributed by atoms with Gasteiger partial charge in [-0.25, -0.2) is 14.8 Å². The van der Waals surface area contributed by atoms with Crippen molar-refractivity contribution in [3.63, 3.8) is 0 Å². The number of anilines is 1. The number of aryl methyl sites for hydroxylation is 1. The number of hydrogen-bond acceptors (Lipinski definition) is 11. The molecule has 2 aliphatic heterocycles. The molecule has 14 nitrogen and oxygen atoms in total. The summed E-state index contributed by atoms with van der Waals surface area (Å²) >= 11 is 8.47. The lowest BCUT2D eigenvalue weighted by molar-refractivity contribution is -0.121. The van der Waals surface area contributed by atoms with Gasteiger partial charge in [0.2, 0.25) is 11.9 Å². The monoisotopic (exact) mass is 761 g/mol. The molecule has 3 amide bonds. The van der Waals surface area contributed by atoms with Crippen molar-refractivity contribution < 1.29 is 23.8 Å². The zero-order valence-corrected chi connectivity index (χ0v) is 31.9. The van der Waals surface area contributed by atoms with Gasteiger partial charge in [-0.2, -0.15) is 16.9 Å². The van der Waals surface area contributed by atoms with Crippen LogP contribution in [0.1, 0.15) is 69.9 Å². The van der Waals surface area contributed by atoms with Crippen LogP contribution in [0.2, 0.25) is 5.02 Å². The summed E-state index contributed by atoms with van der Waals surface area (Å²) in [6.45, 7) is 4.48. The maximum atomic E-state index is 12.1. The number of hydrogen-bond donors (Lipinski definition) is 5. The minimum atomic E-state index is -0.0541. The average Bonchev–Trinajstić information content (AvgIpc) is 3.63. The van der Waals surface area contributed by atoms with Crippen LogP contribution in [-0.2, 0) is 32.5 Å². The summed E-state index contributed by atoms with van der Waals surface area (Å²) in [6.07, 6.45) is 14.8. The molecule has 2 aromatic heterocycles. The molecule has 16 heteroatoms. The molecular weight excluding hydrogens is 706 g/mol. The van der Waals surface area contributed by atoms with Gasteiger partial charge in [-0.15, -0.1) is 0 Å². The summed E-state index contributed by atoms with van der Waals surface area (Å²) in [5, 5.41) is 21.6. The number of carbonyl (C=O) groups excluding carboxylic acids is 2. The summed E-state index contributed by atoms with van der Waals surface area (Å²) in [5.74, 6) is 2.39. The first-order valence-corrected chi connectivity index (χ1v) is 20.6. The smallest absolute Gasteiger partial charge is 0.315 e. The van der Waals surface area contributed by atoms with E-state index in [-0.39, 0.29) is 24.0 Å². The fourth-order valence-electron chi connectivity index (χ4n) is 7.25. The standard InChI is InChI=1S/C36H56ClN9O5S/c1-46-30(20-24-6-7-24)27(21-41-46)33-28(37)22-40-35(44-33)42-26-10-8-25(9-11-26)38-12-14-49-16-18-51-19-17-50-15-13-39-32(47)5-3-2-4-31-34-29(23-52-31)43-36(48)45-34/h21-22,24-26,29,31,34,38H,2-20,23H2,1H3,(H,39,47)(H,40,42,44)(H2,43,45,48)/t25-,26-,29-,31-,34-/m0/s1. The second-order valence-electron chi connectivity index (χ2n) is 14.4. The number of aromatic nitrogens is 4. The van der Waals surface area contributed by atoms with Crippen molar-refractivity contribution in [2.45, 2.75) is 100 Å². The van der Waals surface area contributed by atoms with Gasteiger partial charge in [-0.1, -0.05) is 18.0 Å². The lowest BCUT2D eigenvalue weighted by Gasteiger charge is -2.29. The fourth-order valence-corrected chi connectivity index (χ4v) is 8.99. The minimum absolute atomic E-state index is 0.0541. The largest absolute Gasteiger partial charge is 0.378 e. The van der Waals surface area contributed by atoms with Gasteiger partial charge < -0.3 is 40.8 Å². The van der Waals surface area contributed by atoms with Crippen molar-refractivity contribution >= 4 is 41.2 Å². The first kappa shape index (κ1) is 39.0. The summed E-state index contributed by atoms with van der Waals surface area (Å²) in [5.41, 5.74) is 2.95. The summed E-state index contributed by atoms with van der Waals surface area (Å²) < 4.78 is 18.9. The van der Waals surface area contributed by atoms with Crippen LogP contribution in [0, 0.1) is 5.92 Å². The molecule has 0 radical (unpaired) electrons. The van der Waals surface area contributed by atoms with E-state index in [0.717, 1.165) is 80.8 Å². The third-order valence-corrected chi connectivity index (χ3v) is 12.2. The molecule has 3 atom stereocenters. The first-order valence-electron chi connectivity index (χ1n) is 19.1. The highest BCUT2D eigenvalue weighted by Crippen LogP contribution is 2.37. The van der Waals surface area contributed by atoms with Crippen LogP contribution in [-0.4, -0.2) is 120 Å². The van der Waals surface area contributed by atoms with Crippen LogP contribution in [0.5, 0.6) is 0 Å². The molecule has 0 bridgehead atoms. The Morgan fingerprint density at radius 1 is 0.962 bits per heavy atom. The number of unbranched alkanes of at least 4 members (excludes halogenated alkanes) is 1. The molecule has 2 aliphatic carbocycles. The van der Waals surface area contributed by atoms with Crippen molar-refractivity contribution in [3.8, 4) is 11.3 Å². The molecule has 2 aromatic rings. The number of rotatable bonds is 23. The predicted molar refractivity (Wildman–Crippen MR) is 203 cm³/mol. The van der Waals surface area contributed by atoms with E-state index in [1.807, 2.05) is 29.7 Å². The van der Waals surface area contributed by atoms with E-state index in [9.17, 15) is 9.59 Å². The second kappa shape index (κ2) is 20.1. The van der Waals surface area contributed by atoms with Crippen LogP contribution >= 0.6 is 23.4 Å². The Kier molecular flexibility index (Phi) is 15.1. The Morgan fingerprint density at radius 2 is 1.69 bits per heavy atom. The number of urea groups is 1. The molecule has 0 spiro atoms. The highest BCUT2D eigenvalue weighted by molar-refractivity contribution is 8.00. The summed E-state index contributed by atoms with van der Waals surface area (Å²) in [6, 6.07) is 1.23. The van der Waals surface area contributed by atoms with Gasteiger partial charge in [-0.05, 0) is 63.7 Å². The van der Waals surface area contributed by atoms with Gasteiger partial charge in [0.15, 0.2) is 0 Å². The van der Waals surface area contributed by atoms with Crippen molar-refractivity contribution in [2.75, 3.05) is 63.8 Å². The van der Waals surface area contributed by atoms with E-state index in [1.54, 1.807) is 6.20 Å². The third-order valence-electron chi connectivity index (χ3n) is 10.4. The minimum Gasteiger partial charge on any atom is -0.378 e. The molecule has 2 saturated carbocycles. The lowest BCUT2D eigenvalue weighted by Crippen LogP contribution is -2.38. The third kappa shape index (κ3) is 11.9. The number of halogens is 1. The zero-order chi connectivity index (χ0) is 36.1. The van der Waals surface area contributed by atoms with E-state index in [1.165, 1.54) is 18.5 Å². The highest BCUT2D eigenvalue weighted by Gasteiger charge is 2.42. The lowest BCUT2D eigenvalue weighted by atomic mass is 9.91. The van der Waals surface area contributed by atoms with Crippen molar-refractivity contribution in [1.82, 2.24) is 41.0 Å².